The fourth-order valence-corrected chi connectivity index (χ4v) is 4.26. The van der Waals surface area contributed by atoms with Gasteiger partial charge in [0, 0.05) is 13.1 Å². The molecule has 3 amide bonds. The molecule has 11 heteroatoms. The molecule has 0 atom stereocenters. The number of carbonyl (C=O) groups is 3. The summed E-state index contributed by atoms with van der Waals surface area (Å²) in [6.07, 6.45) is 0. The minimum atomic E-state index is -3.83. The molecule has 2 aromatic rings. The third-order valence-electron chi connectivity index (χ3n) is 4.16. The summed E-state index contributed by atoms with van der Waals surface area (Å²) in [5.41, 5.74) is 0.750. The van der Waals surface area contributed by atoms with Gasteiger partial charge in [-0.15, -0.1) is 0 Å². The number of carbonyl (C=O) groups excluding carboxylic acids is 3. The number of rotatable bonds is 7. The normalized spacial score (nSPS) is 13.7. The van der Waals surface area contributed by atoms with E-state index in [1.54, 1.807) is 12.1 Å². The Balaban J connectivity index is 1.51. The summed E-state index contributed by atoms with van der Waals surface area (Å²) >= 11 is 0. The highest BCUT2D eigenvalue weighted by Crippen LogP contribution is 2.22. The van der Waals surface area contributed by atoms with Crippen LogP contribution in [0.25, 0.3) is 0 Å². The summed E-state index contributed by atoms with van der Waals surface area (Å²) in [6, 6.07) is 6.32. The number of amides is 3. The monoisotopic (exact) mass is 406 g/mol. The maximum atomic E-state index is 12.2. The lowest BCUT2D eigenvalue weighted by molar-refractivity contribution is -0.121. The molecule has 0 saturated carbocycles. The van der Waals surface area contributed by atoms with Crippen LogP contribution in [0.1, 0.15) is 32.2 Å². The minimum absolute atomic E-state index is 0.0232. The molecule has 1 aromatic carbocycles. The van der Waals surface area contributed by atoms with Gasteiger partial charge in [-0.3, -0.25) is 19.3 Å². The molecule has 0 radical (unpaired) electrons. The molecule has 1 aliphatic rings. The van der Waals surface area contributed by atoms with Gasteiger partial charge in [-0.05, 0) is 26.0 Å². The van der Waals surface area contributed by atoms with Crippen molar-refractivity contribution < 1.29 is 27.3 Å². The van der Waals surface area contributed by atoms with Crippen LogP contribution in [0.5, 0.6) is 0 Å². The maximum absolute atomic E-state index is 12.2. The summed E-state index contributed by atoms with van der Waals surface area (Å²) in [6.45, 7) is 2.45. The first-order valence-corrected chi connectivity index (χ1v) is 9.85. The molecule has 1 aromatic heterocycles. The average molecular weight is 406 g/mol. The summed E-state index contributed by atoms with van der Waals surface area (Å²) in [4.78, 5) is 37.3. The molecule has 0 spiro atoms. The SMILES string of the molecule is Cc1noc(C)c1S(=O)(=O)NCCNC(=O)CN1C(=O)c2ccccc2C1=O. The number of nitrogens with one attached hydrogen (secondary N) is 2. The van der Waals surface area contributed by atoms with E-state index in [0.717, 1.165) is 4.90 Å². The molecule has 3 rings (SSSR count). The van der Waals surface area contributed by atoms with E-state index in [-0.39, 0.29) is 40.6 Å². The van der Waals surface area contributed by atoms with Crippen molar-refractivity contribution in [3.05, 3.63) is 46.8 Å². The summed E-state index contributed by atoms with van der Waals surface area (Å²) in [5.74, 6) is -1.48. The molecule has 0 unspecified atom stereocenters. The van der Waals surface area contributed by atoms with E-state index >= 15 is 0 Å². The van der Waals surface area contributed by atoms with Gasteiger partial charge in [-0.1, -0.05) is 17.3 Å². The first-order valence-electron chi connectivity index (χ1n) is 8.37. The number of nitrogens with zero attached hydrogens (tertiary/aromatic N) is 2. The lowest BCUT2D eigenvalue weighted by Gasteiger charge is -2.13. The summed E-state index contributed by atoms with van der Waals surface area (Å²) in [5, 5.41) is 6.07. The third-order valence-corrected chi connectivity index (χ3v) is 5.86. The number of sulfonamides is 1. The second kappa shape index (κ2) is 7.52. The molecule has 10 nitrogen and oxygen atoms in total. The van der Waals surface area contributed by atoms with E-state index < -0.39 is 34.3 Å². The standard InChI is InChI=1S/C17H18N4O6S/c1-10-15(11(2)27-20-10)28(25,26)19-8-7-18-14(22)9-21-16(23)12-5-3-4-6-13(12)17(21)24/h3-6,19H,7-9H2,1-2H3,(H,18,22). The van der Waals surface area contributed by atoms with Crippen molar-refractivity contribution in [2.45, 2.75) is 18.7 Å². The predicted molar refractivity (Wildman–Crippen MR) is 96.0 cm³/mol. The number of aromatic nitrogens is 1. The van der Waals surface area contributed by atoms with Gasteiger partial charge in [0.15, 0.2) is 5.76 Å². The number of aryl methyl sites for hydroxylation is 2. The van der Waals surface area contributed by atoms with E-state index in [1.165, 1.54) is 26.0 Å². The van der Waals surface area contributed by atoms with E-state index in [1.807, 2.05) is 0 Å². The van der Waals surface area contributed by atoms with E-state index in [4.69, 9.17) is 4.52 Å². The molecule has 0 fully saturated rings. The van der Waals surface area contributed by atoms with Crippen LogP contribution in [0, 0.1) is 13.8 Å². The fraction of sp³-hybridized carbons (Fsp3) is 0.294. The van der Waals surface area contributed by atoms with Gasteiger partial charge in [0.1, 0.15) is 17.1 Å². The lowest BCUT2D eigenvalue weighted by atomic mass is 10.1. The number of hydrogen-bond donors (Lipinski definition) is 2. The number of fused-ring (bicyclic) bond motifs is 1. The Morgan fingerprint density at radius 2 is 1.71 bits per heavy atom. The van der Waals surface area contributed by atoms with Crippen LogP contribution in [0.15, 0.2) is 33.7 Å². The van der Waals surface area contributed by atoms with Crippen molar-refractivity contribution in [3.8, 4) is 0 Å². The van der Waals surface area contributed by atoms with Gasteiger partial charge >= 0.3 is 0 Å². The van der Waals surface area contributed by atoms with Crippen molar-refractivity contribution >= 4 is 27.7 Å². The zero-order valence-corrected chi connectivity index (χ0v) is 16.0. The van der Waals surface area contributed by atoms with Crippen molar-refractivity contribution in [1.29, 1.82) is 0 Å². The number of benzene rings is 1. The maximum Gasteiger partial charge on any atom is 0.262 e. The highest BCUT2D eigenvalue weighted by Gasteiger charge is 2.36. The minimum Gasteiger partial charge on any atom is -0.360 e. The van der Waals surface area contributed by atoms with Crippen LogP contribution < -0.4 is 10.0 Å². The van der Waals surface area contributed by atoms with Crippen LogP contribution in [-0.4, -0.2) is 55.8 Å². The Bertz CT molecular complexity index is 1000. The van der Waals surface area contributed by atoms with E-state index in [0.29, 0.717) is 0 Å². The van der Waals surface area contributed by atoms with Gasteiger partial charge in [0.2, 0.25) is 15.9 Å². The van der Waals surface area contributed by atoms with Crippen molar-refractivity contribution in [3.63, 3.8) is 0 Å². The number of imide groups is 1. The van der Waals surface area contributed by atoms with Gasteiger partial charge in [0.25, 0.3) is 11.8 Å². The van der Waals surface area contributed by atoms with Crippen molar-refractivity contribution in [2.24, 2.45) is 0 Å². The predicted octanol–water partition coefficient (Wildman–Crippen LogP) is -0.0179. The largest absolute Gasteiger partial charge is 0.360 e. The molecule has 2 N–H and O–H groups in total. The van der Waals surface area contributed by atoms with Crippen LogP contribution in [0.4, 0.5) is 0 Å². The zero-order valence-electron chi connectivity index (χ0n) is 15.2. The molecule has 2 heterocycles. The highest BCUT2D eigenvalue weighted by atomic mass is 32.2. The Morgan fingerprint density at radius 3 is 2.25 bits per heavy atom. The lowest BCUT2D eigenvalue weighted by Crippen LogP contribution is -2.42. The summed E-state index contributed by atoms with van der Waals surface area (Å²) in [7, 11) is -3.83. The molecule has 0 bridgehead atoms. The topological polar surface area (TPSA) is 139 Å². The van der Waals surface area contributed by atoms with Crippen LogP contribution >= 0.6 is 0 Å². The third kappa shape index (κ3) is 3.66. The Hall–Kier alpha value is -3.05. The fourth-order valence-electron chi connectivity index (χ4n) is 2.90. The average Bonchev–Trinajstić information content (AvgIpc) is 3.11. The smallest absolute Gasteiger partial charge is 0.262 e. The van der Waals surface area contributed by atoms with Crippen molar-refractivity contribution in [2.75, 3.05) is 19.6 Å². The Labute approximate surface area is 160 Å². The van der Waals surface area contributed by atoms with Crippen LogP contribution in [0.3, 0.4) is 0 Å². The number of hydrogen-bond acceptors (Lipinski definition) is 7. The van der Waals surface area contributed by atoms with Gasteiger partial charge < -0.3 is 9.84 Å². The Kier molecular flexibility index (Phi) is 5.29. The first-order chi connectivity index (χ1) is 13.2. The van der Waals surface area contributed by atoms with Gasteiger partial charge in [0.05, 0.1) is 11.1 Å². The molecule has 1 aliphatic heterocycles. The molecule has 28 heavy (non-hydrogen) atoms. The van der Waals surface area contributed by atoms with E-state index in [2.05, 4.69) is 15.2 Å². The van der Waals surface area contributed by atoms with Crippen molar-refractivity contribution in [1.82, 2.24) is 20.1 Å². The molecule has 148 valence electrons. The van der Waals surface area contributed by atoms with E-state index in [9.17, 15) is 22.8 Å². The molecular formula is C17H18N4O6S. The molecule has 0 saturated heterocycles. The highest BCUT2D eigenvalue weighted by molar-refractivity contribution is 7.89. The first kappa shape index (κ1) is 19.7. The van der Waals surface area contributed by atoms with Gasteiger partial charge in [-0.2, -0.15) is 0 Å². The zero-order chi connectivity index (χ0) is 20.5. The van der Waals surface area contributed by atoms with Crippen LogP contribution in [-0.2, 0) is 14.8 Å². The second-order valence-corrected chi connectivity index (χ2v) is 7.85. The molecule has 0 aliphatic carbocycles. The second-order valence-electron chi connectivity index (χ2n) is 6.14. The molecular weight excluding hydrogens is 388 g/mol. The summed E-state index contributed by atoms with van der Waals surface area (Å²) < 4.78 is 31.7. The quantitative estimate of drug-likeness (QED) is 0.487. The van der Waals surface area contributed by atoms with Crippen LogP contribution in [0.2, 0.25) is 0 Å². The van der Waals surface area contributed by atoms with Gasteiger partial charge in [-0.25, -0.2) is 13.1 Å². The Morgan fingerprint density at radius 1 is 1.11 bits per heavy atom.